The van der Waals surface area contributed by atoms with Crippen molar-refractivity contribution in [2.24, 2.45) is 7.05 Å². The molecule has 1 aromatic rings. The molecule has 76 valence electrons. The van der Waals surface area contributed by atoms with E-state index in [-0.39, 0.29) is 0 Å². The first-order valence-corrected chi connectivity index (χ1v) is 5.61. The van der Waals surface area contributed by atoms with Gasteiger partial charge in [-0.05, 0) is 6.92 Å². The second kappa shape index (κ2) is 4.98. The molecule has 1 aromatic heterocycles. The molecule has 0 atom stereocenters. The molecule has 0 unspecified atom stereocenters. The van der Waals surface area contributed by atoms with Crippen LogP contribution in [0.1, 0.15) is 6.92 Å². The van der Waals surface area contributed by atoms with Crippen LogP contribution in [0.15, 0.2) is 18.7 Å². The van der Waals surface area contributed by atoms with Crippen LogP contribution in [0.2, 0.25) is 0 Å². The molecule has 0 saturated carbocycles. The van der Waals surface area contributed by atoms with Crippen molar-refractivity contribution >= 4 is 10.1 Å². The van der Waals surface area contributed by atoms with E-state index in [1.165, 1.54) is 0 Å². The molecule has 1 N–H and O–H groups in total. The molecule has 0 fully saturated rings. The summed E-state index contributed by atoms with van der Waals surface area (Å²) < 4.78 is 30.0. The Morgan fingerprint density at radius 3 is 2.15 bits per heavy atom. The Kier molecular flexibility index (Phi) is 4.64. The maximum Gasteiger partial charge on any atom is 0.261 e. The van der Waals surface area contributed by atoms with E-state index < -0.39 is 10.1 Å². The number of aromatic nitrogens is 2. The van der Waals surface area contributed by atoms with Crippen LogP contribution in [-0.4, -0.2) is 23.8 Å². The second-order valence-corrected chi connectivity index (χ2v) is 4.11. The molecule has 1 rings (SSSR count). The number of aryl methyl sites for hydroxylation is 2. The molecule has 0 aliphatic carbocycles. The van der Waals surface area contributed by atoms with E-state index >= 15 is 0 Å². The summed E-state index contributed by atoms with van der Waals surface area (Å²) in [5.41, 5.74) is 0. The molecule has 0 aromatic carbocycles. The van der Waals surface area contributed by atoms with Gasteiger partial charge in [-0.3, -0.25) is 4.55 Å². The predicted molar refractivity (Wildman–Crippen MR) is 48.8 cm³/mol. The highest BCUT2D eigenvalue weighted by atomic mass is 32.2. The van der Waals surface area contributed by atoms with Gasteiger partial charge < -0.3 is 0 Å². The molecule has 13 heavy (non-hydrogen) atoms. The van der Waals surface area contributed by atoms with E-state index in [4.69, 9.17) is 4.55 Å². The van der Waals surface area contributed by atoms with Crippen LogP contribution in [0, 0.1) is 0 Å². The standard InChI is InChI=1S/C6H11N2.CH4O3S/c1-3-8-5-4-7(2)6-8;1-5(2,3)4/h4-6H,3H2,1-2H3;1H3,(H,2,3,4)/q+1;. The fraction of sp³-hybridized carbons (Fsp3) is 0.571. The Labute approximate surface area is 78.4 Å². The van der Waals surface area contributed by atoms with Crippen LogP contribution in [-0.2, 0) is 23.7 Å². The zero-order chi connectivity index (χ0) is 10.5. The van der Waals surface area contributed by atoms with Crippen molar-refractivity contribution in [3.63, 3.8) is 0 Å². The number of nitrogens with zero attached hydrogens (tertiary/aromatic N) is 2. The summed E-state index contributed by atoms with van der Waals surface area (Å²) in [6.45, 7) is 3.18. The van der Waals surface area contributed by atoms with Crippen molar-refractivity contribution in [1.82, 2.24) is 4.57 Å². The highest BCUT2D eigenvalue weighted by Crippen LogP contribution is 1.79. The summed E-state index contributed by atoms with van der Waals surface area (Å²) in [5, 5.41) is 0. The van der Waals surface area contributed by atoms with E-state index in [0.29, 0.717) is 6.26 Å². The van der Waals surface area contributed by atoms with Crippen LogP contribution < -0.4 is 4.57 Å². The topological polar surface area (TPSA) is 63.2 Å². The van der Waals surface area contributed by atoms with Crippen LogP contribution in [0.5, 0.6) is 0 Å². The van der Waals surface area contributed by atoms with Gasteiger partial charge in [0.25, 0.3) is 10.1 Å². The lowest BCUT2D eigenvalue weighted by atomic mass is 10.7. The second-order valence-electron chi connectivity index (χ2n) is 2.64. The molecule has 0 radical (unpaired) electrons. The van der Waals surface area contributed by atoms with E-state index in [2.05, 4.69) is 24.0 Å². The Balaban J connectivity index is 0.000000252. The fourth-order valence-electron chi connectivity index (χ4n) is 0.689. The summed E-state index contributed by atoms with van der Waals surface area (Å²) in [6.07, 6.45) is 6.86. The molecule has 0 spiro atoms. The molecular weight excluding hydrogens is 192 g/mol. The summed E-state index contributed by atoms with van der Waals surface area (Å²) >= 11 is 0. The van der Waals surface area contributed by atoms with E-state index in [1.54, 1.807) is 0 Å². The summed E-state index contributed by atoms with van der Waals surface area (Å²) in [5.74, 6) is 0. The van der Waals surface area contributed by atoms with Gasteiger partial charge in [0.2, 0.25) is 6.33 Å². The molecule has 6 heteroatoms. The van der Waals surface area contributed by atoms with E-state index in [0.717, 1.165) is 6.54 Å². The zero-order valence-corrected chi connectivity index (χ0v) is 8.82. The molecule has 0 aliphatic rings. The van der Waals surface area contributed by atoms with Crippen molar-refractivity contribution in [1.29, 1.82) is 0 Å². The van der Waals surface area contributed by atoms with Crippen molar-refractivity contribution in [2.75, 3.05) is 6.26 Å². The maximum absolute atomic E-state index is 9.19. The summed E-state index contributed by atoms with van der Waals surface area (Å²) in [6, 6.07) is 0. The third-order valence-corrected chi connectivity index (χ3v) is 1.19. The highest BCUT2D eigenvalue weighted by Gasteiger charge is 1.92. The summed E-state index contributed by atoms with van der Waals surface area (Å²) in [7, 11) is -1.65. The number of imidazole rings is 1. The molecule has 0 amide bonds. The number of hydrogen-bond acceptors (Lipinski definition) is 2. The van der Waals surface area contributed by atoms with Gasteiger partial charge in [0.15, 0.2) is 0 Å². The van der Waals surface area contributed by atoms with Crippen molar-refractivity contribution in [3.05, 3.63) is 18.7 Å². The predicted octanol–water partition coefficient (Wildman–Crippen LogP) is -0.164. The first-order valence-electron chi connectivity index (χ1n) is 3.76. The first-order chi connectivity index (χ1) is 5.83. The Morgan fingerprint density at radius 1 is 1.54 bits per heavy atom. The first kappa shape index (κ1) is 12.1. The highest BCUT2D eigenvalue weighted by molar-refractivity contribution is 7.85. The Hall–Kier alpha value is -0.880. The molecule has 5 nitrogen and oxygen atoms in total. The smallest absolute Gasteiger partial charge is 0.261 e. The van der Waals surface area contributed by atoms with Gasteiger partial charge in [-0.15, -0.1) is 0 Å². The minimum atomic E-state index is -3.67. The third-order valence-electron chi connectivity index (χ3n) is 1.19. The number of rotatable bonds is 1. The largest absolute Gasteiger partial charge is 0.286 e. The molecule has 0 aliphatic heterocycles. The minimum absolute atomic E-state index is 0.715. The Bertz CT molecular complexity index is 334. The normalized spacial score (nSPS) is 10.5. The molecule has 0 saturated heterocycles. The number of hydrogen-bond donors (Lipinski definition) is 1. The van der Waals surface area contributed by atoms with Crippen LogP contribution >= 0.6 is 0 Å². The molecular formula is C7H15N2O3S+. The van der Waals surface area contributed by atoms with Crippen LogP contribution in [0.4, 0.5) is 0 Å². The molecule has 0 bridgehead atoms. The zero-order valence-electron chi connectivity index (χ0n) is 8.01. The lowest BCUT2D eigenvalue weighted by Crippen LogP contribution is -2.23. The van der Waals surface area contributed by atoms with E-state index in [9.17, 15) is 8.42 Å². The van der Waals surface area contributed by atoms with Gasteiger partial charge in [-0.25, -0.2) is 9.13 Å². The SMILES string of the molecule is CCn1cc[n+](C)c1.CS(=O)(=O)O. The molecule has 1 heterocycles. The summed E-state index contributed by atoms with van der Waals surface area (Å²) in [4.78, 5) is 0. The maximum atomic E-state index is 9.19. The van der Waals surface area contributed by atoms with Gasteiger partial charge in [0.05, 0.1) is 19.8 Å². The monoisotopic (exact) mass is 207 g/mol. The quantitative estimate of drug-likeness (QED) is 0.514. The van der Waals surface area contributed by atoms with Crippen molar-refractivity contribution < 1.29 is 17.5 Å². The van der Waals surface area contributed by atoms with Gasteiger partial charge in [0.1, 0.15) is 12.4 Å². The fourth-order valence-corrected chi connectivity index (χ4v) is 0.689. The van der Waals surface area contributed by atoms with E-state index in [1.807, 2.05) is 17.8 Å². The Morgan fingerprint density at radius 2 is 2.00 bits per heavy atom. The van der Waals surface area contributed by atoms with Gasteiger partial charge in [0, 0.05) is 0 Å². The lowest BCUT2D eigenvalue weighted by molar-refractivity contribution is -0.671. The third kappa shape index (κ3) is 9.03. The average molecular weight is 207 g/mol. The average Bonchev–Trinajstić information content (AvgIpc) is 2.31. The minimum Gasteiger partial charge on any atom is -0.286 e. The van der Waals surface area contributed by atoms with Gasteiger partial charge in [-0.2, -0.15) is 8.42 Å². The van der Waals surface area contributed by atoms with Crippen molar-refractivity contribution in [3.8, 4) is 0 Å². The van der Waals surface area contributed by atoms with Crippen LogP contribution in [0.25, 0.3) is 0 Å². The van der Waals surface area contributed by atoms with Gasteiger partial charge >= 0.3 is 0 Å². The van der Waals surface area contributed by atoms with Crippen LogP contribution in [0.3, 0.4) is 0 Å². The van der Waals surface area contributed by atoms with Crippen molar-refractivity contribution in [2.45, 2.75) is 13.5 Å². The lowest BCUT2D eigenvalue weighted by Gasteiger charge is -1.81. The van der Waals surface area contributed by atoms with Gasteiger partial charge in [-0.1, -0.05) is 0 Å².